The van der Waals surface area contributed by atoms with Gasteiger partial charge >= 0.3 is 0 Å². The molecule has 0 aliphatic carbocycles. The highest BCUT2D eigenvalue weighted by Crippen LogP contribution is 1.77. The lowest BCUT2D eigenvalue weighted by atomic mass is 10.4. The first kappa shape index (κ1) is 6.15. The molecule has 0 bridgehead atoms. The Labute approximate surface area is 44.1 Å². The molecule has 0 aromatic heterocycles. The molecule has 0 radical (unpaired) electrons. The molecule has 1 heteroatoms. The van der Waals surface area contributed by atoms with Crippen LogP contribution in [-0.2, 0) is 0 Å². The maximum absolute atomic E-state index is 3.71. The van der Waals surface area contributed by atoms with Crippen LogP contribution in [0.1, 0.15) is 6.92 Å². The first-order valence-electron chi connectivity index (χ1n) is 2.07. The molecule has 0 aliphatic heterocycles. The quantitative estimate of drug-likeness (QED) is 0.463. The standard InChI is InChI=1S/C6H9N/c1-4-7-5-6(2)3/h4-5H,1-2H2,3H3/b7-5-. The van der Waals surface area contributed by atoms with Gasteiger partial charge in [-0.05, 0) is 12.5 Å². The predicted molar refractivity (Wildman–Crippen MR) is 33.5 cm³/mol. The van der Waals surface area contributed by atoms with Crippen LogP contribution in [0.2, 0.25) is 0 Å². The van der Waals surface area contributed by atoms with Crippen molar-refractivity contribution >= 4 is 6.21 Å². The predicted octanol–water partition coefficient (Wildman–Crippen LogP) is 1.78. The van der Waals surface area contributed by atoms with Crippen molar-refractivity contribution in [3.63, 3.8) is 0 Å². The number of hydrogen-bond donors (Lipinski definition) is 0. The van der Waals surface area contributed by atoms with Crippen molar-refractivity contribution < 1.29 is 0 Å². The van der Waals surface area contributed by atoms with Crippen LogP contribution in [0.4, 0.5) is 0 Å². The van der Waals surface area contributed by atoms with Gasteiger partial charge < -0.3 is 0 Å². The highest BCUT2D eigenvalue weighted by Gasteiger charge is 1.66. The Morgan fingerprint density at radius 1 is 1.71 bits per heavy atom. The second-order valence-corrected chi connectivity index (χ2v) is 1.31. The molecule has 7 heavy (non-hydrogen) atoms. The summed E-state index contributed by atoms with van der Waals surface area (Å²) in [6.07, 6.45) is 3.14. The molecule has 0 aromatic rings. The SMILES string of the molecule is C=C/N=C\C(=C)C. The molecule has 0 rings (SSSR count). The molecule has 38 valence electrons. The average molecular weight is 95.1 g/mol. The van der Waals surface area contributed by atoms with Gasteiger partial charge in [0.15, 0.2) is 0 Å². The first-order chi connectivity index (χ1) is 3.27. The highest BCUT2D eigenvalue weighted by molar-refractivity contribution is 5.76. The Kier molecular flexibility index (Phi) is 2.94. The monoisotopic (exact) mass is 95.1 g/mol. The van der Waals surface area contributed by atoms with E-state index in [2.05, 4.69) is 18.2 Å². The summed E-state index contributed by atoms with van der Waals surface area (Å²) in [6.45, 7) is 8.87. The molecule has 0 aromatic carbocycles. The van der Waals surface area contributed by atoms with Gasteiger partial charge in [0.25, 0.3) is 0 Å². The fraction of sp³-hybridized carbons (Fsp3) is 0.167. The van der Waals surface area contributed by atoms with Gasteiger partial charge in [-0.3, -0.25) is 4.99 Å². The second kappa shape index (κ2) is 3.34. The van der Waals surface area contributed by atoms with E-state index in [0.29, 0.717) is 0 Å². The average Bonchev–Trinajstić information content (AvgIpc) is 1.61. The fourth-order valence-electron chi connectivity index (χ4n) is 0.180. The minimum absolute atomic E-state index is 0.944. The Bertz CT molecular complexity index is 101. The Balaban J connectivity index is 3.46. The van der Waals surface area contributed by atoms with Crippen molar-refractivity contribution in [3.05, 3.63) is 24.9 Å². The normalized spacial score (nSPS) is 9.29. The van der Waals surface area contributed by atoms with Crippen LogP contribution in [0, 0.1) is 0 Å². The number of rotatable bonds is 2. The molecule has 1 nitrogen and oxygen atoms in total. The van der Waals surface area contributed by atoms with E-state index in [1.54, 1.807) is 6.21 Å². The van der Waals surface area contributed by atoms with Crippen LogP contribution in [0.15, 0.2) is 29.9 Å². The summed E-state index contributed by atoms with van der Waals surface area (Å²) in [6, 6.07) is 0. The van der Waals surface area contributed by atoms with Crippen LogP contribution >= 0.6 is 0 Å². The van der Waals surface area contributed by atoms with E-state index in [1.807, 2.05) is 6.92 Å². The zero-order valence-electron chi connectivity index (χ0n) is 4.52. The Morgan fingerprint density at radius 2 is 2.29 bits per heavy atom. The van der Waals surface area contributed by atoms with E-state index in [9.17, 15) is 0 Å². The Hall–Kier alpha value is -0.850. The van der Waals surface area contributed by atoms with E-state index in [4.69, 9.17) is 0 Å². The maximum atomic E-state index is 3.71. The number of aliphatic imine (C=N–C) groups is 1. The lowest BCUT2D eigenvalue weighted by molar-refractivity contribution is 1.57. The van der Waals surface area contributed by atoms with Crippen molar-refractivity contribution in [1.29, 1.82) is 0 Å². The molecule has 0 unspecified atom stereocenters. The third kappa shape index (κ3) is 5.15. The lowest BCUT2D eigenvalue weighted by Gasteiger charge is -1.76. The van der Waals surface area contributed by atoms with E-state index in [-0.39, 0.29) is 0 Å². The minimum Gasteiger partial charge on any atom is -0.265 e. The fourth-order valence-corrected chi connectivity index (χ4v) is 0.180. The zero-order chi connectivity index (χ0) is 5.70. The van der Waals surface area contributed by atoms with Crippen molar-refractivity contribution in [1.82, 2.24) is 0 Å². The molecule has 0 heterocycles. The molecular formula is C6H9N. The molecular weight excluding hydrogens is 86.1 g/mol. The molecule has 0 saturated carbocycles. The van der Waals surface area contributed by atoms with Crippen molar-refractivity contribution in [2.45, 2.75) is 6.92 Å². The largest absolute Gasteiger partial charge is 0.265 e. The second-order valence-electron chi connectivity index (χ2n) is 1.31. The highest BCUT2D eigenvalue weighted by atomic mass is 14.6. The summed E-state index contributed by atoms with van der Waals surface area (Å²) in [7, 11) is 0. The number of allylic oxidation sites excluding steroid dienone is 1. The molecule has 0 saturated heterocycles. The molecule has 0 amide bonds. The van der Waals surface area contributed by atoms with Gasteiger partial charge in [0.2, 0.25) is 0 Å². The summed E-state index contributed by atoms with van der Waals surface area (Å²) in [5.74, 6) is 0. The minimum atomic E-state index is 0.944. The summed E-state index contributed by atoms with van der Waals surface area (Å²) in [5.41, 5.74) is 0.944. The van der Waals surface area contributed by atoms with E-state index in [1.165, 1.54) is 6.20 Å². The lowest BCUT2D eigenvalue weighted by Crippen LogP contribution is -1.68. The van der Waals surface area contributed by atoms with E-state index in [0.717, 1.165) is 5.57 Å². The maximum Gasteiger partial charge on any atom is 0.0290 e. The summed E-state index contributed by atoms with van der Waals surface area (Å²) in [4.78, 5) is 3.71. The van der Waals surface area contributed by atoms with E-state index < -0.39 is 0 Å². The smallest absolute Gasteiger partial charge is 0.0290 e. The van der Waals surface area contributed by atoms with Gasteiger partial charge in [0.05, 0.1) is 0 Å². The van der Waals surface area contributed by atoms with Gasteiger partial charge in [-0.1, -0.05) is 13.2 Å². The summed E-state index contributed by atoms with van der Waals surface area (Å²) >= 11 is 0. The molecule has 0 fully saturated rings. The van der Waals surface area contributed by atoms with Gasteiger partial charge in [0, 0.05) is 12.4 Å². The summed E-state index contributed by atoms with van der Waals surface area (Å²) in [5, 5.41) is 0. The van der Waals surface area contributed by atoms with Crippen molar-refractivity contribution in [2.75, 3.05) is 0 Å². The zero-order valence-corrected chi connectivity index (χ0v) is 4.52. The topological polar surface area (TPSA) is 12.4 Å². The summed E-state index contributed by atoms with van der Waals surface area (Å²) < 4.78 is 0. The van der Waals surface area contributed by atoms with Gasteiger partial charge in [0.1, 0.15) is 0 Å². The van der Waals surface area contributed by atoms with Gasteiger partial charge in [-0.25, -0.2) is 0 Å². The van der Waals surface area contributed by atoms with Crippen LogP contribution in [0.25, 0.3) is 0 Å². The molecule has 0 aliphatic rings. The Morgan fingerprint density at radius 3 is 2.43 bits per heavy atom. The van der Waals surface area contributed by atoms with Gasteiger partial charge in [-0.2, -0.15) is 0 Å². The number of hydrogen-bond acceptors (Lipinski definition) is 1. The third-order valence-electron chi connectivity index (χ3n) is 0.400. The van der Waals surface area contributed by atoms with Crippen LogP contribution in [-0.4, -0.2) is 6.21 Å². The van der Waals surface area contributed by atoms with Crippen LogP contribution in [0.5, 0.6) is 0 Å². The molecule has 0 N–H and O–H groups in total. The first-order valence-corrected chi connectivity index (χ1v) is 2.07. The van der Waals surface area contributed by atoms with E-state index >= 15 is 0 Å². The van der Waals surface area contributed by atoms with Gasteiger partial charge in [-0.15, -0.1) is 0 Å². The molecule has 0 atom stereocenters. The third-order valence-corrected chi connectivity index (χ3v) is 0.400. The van der Waals surface area contributed by atoms with Crippen LogP contribution < -0.4 is 0 Å². The number of nitrogens with zero attached hydrogens (tertiary/aromatic N) is 1. The van der Waals surface area contributed by atoms with Crippen molar-refractivity contribution in [2.24, 2.45) is 4.99 Å². The van der Waals surface area contributed by atoms with Crippen LogP contribution in [0.3, 0.4) is 0 Å². The van der Waals surface area contributed by atoms with Crippen molar-refractivity contribution in [3.8, 4) is 0 Å². The molecule has 0 spiro atoms.